The van der Waals surface area contributed by atoms with Crippen molar-refractivity contribution in [3.8, 4) is 0 Å². The van der Waals surface area contributed by atoms with E-state index in [2.05, 4.69) is 0 Å². The van der Waals surface area contributed by atoms with Crippen LogP contribution in [0.3, 0.4) is 0 Å². The summed E-state index contributed by atoms with van der Waals surface area (Å²) in [5, 5.41) is 0. The molecule has 0 spiro atoms. The highest BCUT2D eigenvalue weighted by molar-refractivity contribution is 5.12. The fraction of sp³-hybridized carbons (Fsp3) is 0.636. The zero-order valence-corrected chi connectivity index (χ0v) is 8.80. The highest BCUT2D eigenvalue weighted by atomic mass is 16.8. The molecule has 3 heterocycles. The second-order valence-electron chi connectivity index (χ2n) is 4.46. The third kappa shape index (κ3) is 1.58. The summed E-state index contributed by atoms with van der Waals surface area (Å²) >= 11 is 0. The fourth-order valence-corrected chi connectivity index (χ4v) is 2.18. The molecule has 0 aromatic carbocycles. The molecule has 0 unspecified atom stereocenters. The van der Waals surface area contributed by atoms with Crippen molar-refractivity contribution in [2.45, 2.75) is 44.6 Å². The minimum absolute atomic E-state index is 0.0369. The average Bonchev–Trinajstić information content (AvgIpc) is 2.74. The van der Waals surface area contributed by atoms with Crippen LogP contribution in [0.2, 0.25) is 0 Å². The fourth-order valence-electron chi connectivity index (χ4n) is 2.18. The van der Waals surface area contributed by atoms with Gasteiger partial charge in [-0.2, -0.15) is 0 Å². The van der Waals surface area contributed by atoms with E-state index in [9.17, 15) is 0 Å². The maximum Gasteiger partial charge on any atom is 0.187 e. The highest BCUT2D eigenvalue weighted by Crippen LogP contribution is 2.42. The van der Waals surface area contributed by atoms with E-state index in [1.807, 2.05) is 19.9 Å². The van der Waals surface area contributed by atoms with E-state index >= 15 is 0 Å². The van der Waals surface area contributed by atoms with Crippen LogP contribution in [0.1, 0.15) is 31.9 Å². The number of fused-ring (bicyclic) bond motifs is 1. The van der Waals surface area contributed by atoms with Crippen LogP contribution in [0.25, 0.3) is 0 Å². The van der Waals surface area contributed by atoms with Crippen molar-refractivity contribution < 1.29 is 18.6 Å². The minimum Gasteiger partial charge on any atom is -0.472 e. The Bertz CT molecular complexity index is 327. The van der Waals surface area contributed by atoms with Crippen LogP contribution < -0.4 is 0 Å². The molecule has 2 fully saturated rings. The summed E-state index contributed by atoms with van der Waals surface area (Å²) in [6, 6.07) is 1.91. The molecule has 0 amide bonds. The van der Waals surface area contributed by atoms with Gasteiger partial charge >= 0.3 is 0 Å². The Morgan fingerprint density at radius 3 is 2.87 bits per heavy atom. The third-order valence-corrected chi connectivity index (χ3v) is 2.80. The molecule has 0 bridgehead atoms. The lowest BCUT2D eigenvalue weighted by Crippen LogP contribution is -2.23. The van der Waals surface area contributed by atoms with Crippen LogP contribution in [0, 0.1) is 0 Å². The maximum absolute atomic E-state index is 5.76. The van der Waals surface area contributed by atoms with Crippen molar-refractivity contribution >= 4 is 0 Å². The first-order valence-corrected chi connectivity index (χ1v) is 5.17. The van der Waals surface area contributed by atoms with Crippen LogP contribution >= 0.6 is 0 Å². The molecule has 0 aliphatic carbocycles. The lowest BCUT2D eigenvalue weighted by Gasteiger charge is -2.19. The maximum atomic E-state index is 5.76. The summed E-state index contributed by atoms with van der Waals surface area (Å²) < 4.78 is 22.1. The summed E-state index contributed by atoms with van der Waals surface area (Å²) in [6.07, 6.45) is 4.03. The van der Waals surface area contributed by atoms with Gasteiger partial charge in [0.2, 0.25) is 0 Å². The Morgan fingerprint density at radius 2 is 2.20 bits per heavy atom. The largest absolute Gasteiger partial charge is 0.472 e. The molecule has 4 heteroatoms. The molecule has 0 radical (unpaired) electrons. The molecule has 0 N–H and O–H groups in total. The van der Waals surface area contributed by atoms with E-state index in [4.69, 9.17) is 18.6 Å². The van der Waals surface area contributed by atoms with E-state index in [0.717, 1.165) is 12.0 Å². The van der Waals surface area contributed by atoms with Gasteiger partial charge in [0.05, 0.1) is 18.6 Å². The zero-order valence-electron chi connectivity index (χ0n) is 8.80. The van der Waals surface area contributed by atoms with Crippen LogP contribution in [-0.2, 0) is 14.2 Å². The summed E-state index contributed by atoms with van der Waals surface area (Å²) in [7, 11) is 0. The molecule has 2 aliphatic heterocycles. The number of ether oxygens (including phenoxy) is 3. The van der Waals surface area contributed by atoms with Crippen LogP contribution in [0.15, 0.2) is 23.0 Å². The first kappa shape index (κ1) is 9.39. The Hall–Kier alpha value is -0.840. The minimum atomic E-state index is -0.517. The van der Waals surface area contributed by atoms with Gasteiger partial charge in [-0.05, 0) is 19.9 Å². The number of rotatable bonds is 1. The SMILES string of the molecule is CC1(C)O[C@H]2O[C@H](c3ccoc3)C[C@H]2O1. The molecule has 15 heavy (non-hydrogen) atoms. The molecular weight excluding hydrogens is 196 g/mol. The van der Waals surface area contributed by atoms with Crippen LogP contribution in [-0.4, -0.2) is 18.2 Å². The molecule has 3 rings (SSSR count). The topological polar surface area (TPSA) is 40.8 Å². The molecule has 3 atom stereocenters. The lowest BCUT2D eigenvalue weighted by atomic mass is 10.1. The zero-order chi connectivity index (χ0) is 10.5. The monoisotopic (exact) mass is 210 g/mol. The quantitative estimate of drug-likeness (QED) is 0.712. The molecule has 2 aliphatic rings. The number of hydrogen-bond acceptors (Lipinski definition) is 4. The molecule has 1 aromatic heterocycles. The van der Waals surface area contributed by atoms with E-state index in [1.165, 1.54) is 0 Å². The summed E-state index contributed by atoms with van der Waals surface area (Å²) in [6.45, 7) is 3.81. The van der Waals surface area contributed by atoms with Crippen molar-refractivity contribution in [3.63, 3.8) is 0 Å². The first-order chi connectivity index (χ1) is 7.14. The molecular formula is C11H14O4. The van der Waals surface area contributed by atoms with Gasteiger partial charge in [-0.25, -0.2) is 0 Å². The Balaban J connectivity index is 1.72. The van der Waals surface area contributed by atoms with Gasteiger partial charge in [-0.3, -0.25) is 0 Å². The standard InChI is InChI=1S/C11H14O4/c1-11(2)14-9-5-8(13-10(9)15-11)7-3-4-12-6-7/h3-4,6,8-10H,5H2,1-2H3/t8-,9+,10+/m0/s1. The van der Waals surface area contributed by atoms with Gasteiger partial charge in [0, 0.05) is 12.0 Å². The molecule has 1 aromatic rings. The van der Waals surface area contributed by atoms with Crippen molar-refractivity contribution in [2.75, 3.05) is 0 Å². The molecule has 0 saturated carbocycles. The normalized spacial score (nSPS) is 38.1. The second-order valence-corrected chi connectivity index (χ2v) is 4.46. The highest BCUT2D eigenvalue weighted by Gasteiger charge is 2.48. The molecule has 82 valence electrons. The van der Waals surface area contributed by atoms with Gasteiger partial charge < -0.3 is 18.6 Å². The lowest BCUT2D eigenvalue weighted by molar-refractivity contribution is -0.205. The third-order valence-electron chi connectivity index (χ3n) is 2.80. The van der Waals surface area contributed by atoms with Crippen molar-refractivity contribution in [1.29, 1.82) is 0 Å². The molecule has 2 saturated heterocycles. The summed E-state index contributed by atoms with van der Waals surface area (Å²) in [5.74, 6) is -0.517. The van der Waals surface area contributed by atoms with E-state index in [1.54, 1.807) is 12.5 Å². The smallest absolute Gasteiger partial charge is 0.187 e. The van der Waals surface area contributed by atoms with Gasteiger partial charge in [0.15, 0.2) is 12.1 Å². The Kier molecular flexibility index (Phi) is 1.92. The number of furan rings is 1. The number of hydrogen-bond donors (Lipinski definition) is 0. The second kappa shape index (κ2) is 3.07. The first-order valence-electron chi connectivity index (χ1n) is 5.17. The van der Waals surface area contributed by atoms with Gasteiger partial charge in [-0.15, -0.1) is 0 Å². The van der Waals surface area contributed by atoms with E-state index in [-0.39, 0.29) is 18.5 Å². The average molecular weight is 210 g/mol. The summed E-state index contributed by atoms with van der Waals surface area (Å²) in [4.78, 5) is 0. The Morgan fingerprint density at radius 1 is 1.33 bits per heavy atom. The van der Waals surface area contributed by atoms with Gasteiger partial charge in [0.25, 0.3) is 0 Å². The van der Waals surface area contributed by atoms with Crippen LogP contribution in [0.4, 0.5) is 0 Å². The molecule has 4 nitrogen and oxygen atoms in total. The predicted molar refractivity (Wildman–Crippen MR) is 51.0 cm³/mol. The van der Waals surface area contributed by atoms with Gasteiger partial charge in [0.1, 0.15) is 6.10 Å². The Labute approximate surface area is 88.1 Å². The van der Waals surface area contributed by atoms with E-state index < -0.39 is 5.79 Å². The van der Waals surface area contributed by atoms with Gasteiger partial charge in [-0.1, -0.05) is 0 Å². The van der Waals surface area contributed by atoms with Crippen LogP contribution in [0.5, 0.6) is 0 Å². The predicted octanol–water partition coefficient (Wildman–Crippen LogP) is 2.22. The van der Waals surface area contributed by atoms with E-state index in [0.29, 0.717) is 0 Å². The summed E-state index contributed by atoms with van der Waals surface area (Å²) in [5.41, 5.74) is 1.05. The van der Waals surface area contributed by atoms with Crippen molar-refractivity contribution in [1.82, 2.24) is 0 Å². The van der Waals surface area contributed by atoms with Crippen molar-refractivity contribution in [3.05, 3.63) is 24.2 Å². The van der Waals surface area contributed by atoms with Crippen molar-refractivity contribution in [2.24, 2.45) is 0 Å².